The number of carbonyl (C=O) groups excluding carboxylic acids is 1. The van der Waals surface area contributed by atoms with Gasteiger partial charge < -0.3 is 10.2 Å². The van der Waals surface area contributed by atoms with Crippen LogP contribution in [0.2, 0.25) is 0 Å². The van der Waals surface area contributed by atoms with Crippen LogP contribution in [0.1, 0.15) is 50.2 Å². The molecular weight excluding hydrogens is 284 g/mol. The number of nitrogens with one attached hydrogen (secondary N) is 1. The molecule has 0 bridgehead atoms. The zero-order valence-electron chi connectivity index (χ0n) is 14.4. The number of fused-ring (bicyclic) bond motifs is 1. The topological polar surface area (TPSA) is 32.3 Å². The molecule has 126 valence electrons. The molecular formula is C20H30N2O. The van der Waals surface area contributed by atoms with Gasteiger partial charge in [-0.25, -0.2) is 0 Å². The lowest BCUT2D eigenvalue weighted by molar-refractivity contribution is -0.135. The molecule has 2 aliphatic rings. The third-order valence-corrected chi connectivity index (χ3v) is 5.45. The monoisotopic (exact) mass is 314 g/mol. The van der Waals surface area contributed by atoms with Gasteiger partial charge in [0.05, 0.1) is 0 Å². The molecule has 1 N–H and O–H groups in total. The molecule has 3 rings (SSSR count). The number of hydrogen-bond acceptors (Lipinski definition) is 2. The molecule has 0 saturated carbocycles. The van der Waals surface area contributed by atoms with Gasteiger partial charge in [0, 0.05) is 19.0 Å². The Kier molecular flexibility index (Phi) is 5.71. The van der Waals surface area contributed by atoms with Crippen molar-refractivity contribution >= 4 is 5.91 Å². The standard InChI is InChI=1S/C20H30N2O/c1-2-13-22(19-9-11-21-12-10-19)20(23)15-16-7-8-17-5-3-4-6-18(17)14-16/h3-6,16,19,21H,2,7-15H2,1H3. The summed E-state index contributed by atoms with van der Waals surface area (Å²) in [6.45, 7) is 5.20. The first-order valence-corrected chi connectivity index (χ1v) is 9.35. The lowest BCUT2D eigenvalue weighted by atomic mass is 9.82. The maximum atomic E-state index is 12.9. The average Bonchev–Trinajstić information content (AvgIpc) is 2.60. The van der Waals surface area contributed by atoms with Gasteiger partial charge in [0.2, 0.25) is 5.91 Å². The van der Waals surface area contributed by atoms with Crippen LogP contribution in [0.15, 0.2) is 24.3 Å². The second-order valence-electron chi connectivity index (χ2n) is 7.15. The summed E-state index contributed by atoms with van der Waals surface area (Å²) in [5, 5.41) is 3.41. The number of benzene rings is 1. The highest BCUT2D eigenvalue weighted by Gasteiger charge is 2.28. The Morgan fingerprint density at radius 3 is 2.65 bits per heavy atom. The van der Waals surface area contributed by atoms with Crippen molar-refractivity contribution in [2.24, 2.45) is 5.92 Å². The first-order chi connectivity index (χ1) is 11.3. The second kappa shape index (κ2) is 7.96. The normalized spacial score (nSPS) is 21.7. The zero-order chi connectivity index (χ0) is 16.1. The Labute approximate surface area is 140 Å². The van der Waals surface area contributed by atoms with Crippen LogP contribution >= 0.6 is 0 Å². The molecule has 1 amide bonds. The van der Waals surface area contributed by atoms with Crippen molar-refractivity contribution in [3.63, 3.8) is 0 Å². The molecule has 1 aromatic carbocycles. The first-order valence-electron chi connectivity index (χ1n) is 9.35. The molecule has 3 nitrogen and oxygen atoms in total. The number of amides is 1. The van der Waals surface area contributed by atoms with Crippen molar-refractivity contribution in [3.05, 3.63) is 35.4 Å². The third kappa shape index (κ3) is 4.14. The van der Waals surface area contributed by atoms with Crippen molar-refractivity contribution in [2.75, 3.05) is 19.6 Å². The van der Waals surface area contributed by atoms with Crippen LogP contribution in [-0.2, 0) is 17.6 Å². The SMILES string of the molecule is CCCN(C(=O)CC1CCc2ccccc2C1)C1CCNCC1. The molecule has 1 aliphatic heterocycles. The summed E-state index contributed by atoms with van der Waals surface area (Å²) in [7, 11) is 0. The van der Waals surface area contributed by atoms with E-state index >= 15 is 0 Å². The Hall–Kier alpha value is -1.35. The molecule has 1 unspecified atom stereocenters. The van der Waals surface area contributed by atoms with E-state index in [2.05, 4.69) is 41.4 Å². The van der Waals surface area contributed by atoms with E-state index in [9.17, 15) is 4.79 Å². The number of carbonyl (C=O) groups is 1. The zero-order valence-corrected chi connectivity index (χ0v) is 14.4. The number of piperidine rings is 1. The Morgan fingerprint density at radius 2 is 1.91 bits per heavy atom. The molecule has 23 heavy (non-hydrogen) atoms. The van der Waals surface area contributed by atoms with Crippen molar-refractivity contribution in [2.45, 2.75) is 57.9 Å². The molecule has 1 heterocycles. The molecule has 1 fully saturated rings. The van der Waals surface area contributed by atoms with Gasteiger partial charge in [-0.2, -0.15) is 0 Å². The summed E-state index contributed by atoms with van der Waals surface area (Å²) < 4.78 is 0. The van der Waals surface area contributed by atoms with Crippen molar-refractivity contribution in [3.8, 4) is 0 Å². The maximum Gasteiger partial charge on any atom is 0.223 e. The Balaban J connectivity index is 1.60. The van der Waals surface area contributed by atoms with E-state index in [1.54, 1.807) is 0 Å². The average molecular weight is 314 g/mol. The van der Waals surface area contributed by atoms with Gasteiger partial charge in [-0.1, -0.05) is 31.2 Å². The van der Waals surface area contributed by atoms with E-state index in [0.717, 1.165) is 64.6 Å². The van der Waals surface area contributed by atoms with Crippen LogP contribution in [0.25, 0.3) is 0 Å². The van der Waals surface area contributed by atoms with Gasteiger partial charge in [0.1, 0.15) is 0 Å². The fourth-order valence-electron chi connectivity index (χ4n) is 4.18. The minimum atomic E-state index is 0.392. The Bertz CT molecular complexity index is 522. The molecule has 0 aromatic heterocycles. The summed E-state index contributed by atoms with van der Waals surface area (Å²) in [4.78, 5) is 15.1. The number of aryl methyl sites for hydroxylation is 1. The number of nitrogens with zero attached hydrogens (tertiary/aromatic N) is 1. The van der Waals surface area contributed by atoms with Crippen LogP contribution < -0.4 is 5.32 Å². The van der Waals surface area contributed by atoms with E-state index < -0.39 is 0 Å². The van der Waals surface area contributed by atoms with Gasteiger partial charge in [0.15, 0.2) is 0 Å². The number of hydrogen-bond donors (Lipinski definition) is 1. The second-order valence-corrected chi connectivity index (χ2v) is 7.15. The molecule has 1 aliphatic carbocycles. The van der Waals surface area contributed by atoms with Crippen molar-refractivity contribution < 1.29 is 4.79 Å². The lowest BCUT2D eigenvalue weighted by Crippen LogP contribution is -2.47. The summed E-state index contributed by atoms with van der Waals surface area (Å²) in [5.74, 6) is 0.918. The molecule has 0 spiro atoms. The summed E-state index contributed by atoms with van der Waals surface area (Å²) in [5.41, 5.74) is 2.94. The van der Waals surface area contributed by atoms with Crippen LogP contribution in [0.3, 0.4) is 0 Å². The van der Waals surface area contributed by atoms with Gasteiger partial charge in [-0.05, 0) is 68.7 Å². The number of rotatable bonds is 5. The summed E-state index contributed by atoms with van der Waals surface area (Å²) in [6, 6.07) is 9.19. The predicted octanol–water partition coefficient (Wildman–Crippen LogP) is 3.17. The third-order valence-electron chi connectivity index (χ3n) is 5.45. The molecule has 1 atom stereocenters. The van der Waals surface area contributed by atoms with Crippen molar-refractivity contribution in [1.29, 1.82) is 0 Å². The van der Waals surface area contributed by atoms with E-state index in [1.165, 1.54) is 11.1 Å². The minimum absolute atomic E-state index is 0.392. The summed E-state index contributed by atoms with van der Waals surface area (Å²) in [6.07, 6.45) is 7.39. The predicted molar refractivity (Wildman–Crippen MR) is 94.5 cm³/mol. The summed E-state index contributed by atoms with van der Waals surface area (Å²) >= 11 is 0. The van der Waals surface area contributed by atoms with Crippen LogP contribution in [-0.4, -0.2) is 36.5 Å². The lowest BCUT2D eigenvalue weighted by Gasteiger charge is -2.36. The van der Waals surface area contributed by atoms with E-state index in [-0.39, 0.29) is 0 Å². The first kappa shape index (κ1) is 16.5. The van der Waals surface area contributed by atoms with E-state index in [4.69, 9.17) is 0 Å². The maximum absolute atomic E-state index is 12.9. The molecule has 3 heteroatoms. The van der Waals surface area contributed by atoms with Crippen molar-refractivity contribution in [1.82, 2.24) is 10.2 Å². The van der Waals surface area contributed by atoms with Crippen LogP contribution in [0.5, 0.6) is 0 Å². The molecule has 1 saturated heterocycles. The fraction of sp³-hybridized carbons (Fsp3) is 0.650. The quantitative estimate of drug-likeness (QED) is 0.905. The minimum Gasteiger partial charge on any atom is -0.340 e. The Morgan fingerprint density at radius 1 is 1.17 bits per heavy atom. The van der Waals surface area contributed by atoms with Crippen LogP contribution in [0, 0.1) is 5.92 Å². The smallest absolute Gasteiger partial charge is 0.223 e. The van der Waals surface area contributed by atoms with Crippen LogP contribution in [0.4, 0.5) is 0 Å². The van der Waals surface area contributed by atoms with E-state index in [1.807, 2.05) is 0 Å². The van der Waals surface area contributed by atoms with Gasteiger partial charge in [-0.3, -0.25) is 4.79 Å². The van der Waals surface area contributed by atoms with Gasteiger partial charge in [-0.15, -0.1) is 0 Å². The highest BCUT2D eigenvalue weighted by atomic mass is 16.2. The highest BCUT2D eigenvalue weighted by molar-refractivity contribution is 5.77. The highest BCUT2D eigenvalue weighted by Crippen LogP contribution is 2.28. The fourth-order valence-corrected chi connectivity index (χ4v) is 4.18. The van der Waals surface area contributed by atoms with E-state index in [0.29, 0.717) is 17.9 Å². The van der Waals surface area contributed by atoms with Gasteiger partial charge >= 0.3 is 0 Å². The molecule has 0 radical (unpaired) electrons. The largest absolute Gasteiger partial charge is 0.340 e. The van der Waals surface area contributed by atoms with Gasteiger partial charge in [0.25, 0.3) is 0 Å². The molecule has 1 aromatic rings.